The van der Waals surface area contributed by atoms with E-state index in [0.717, 1.165) is 29.0 Å². The Morgan fingerprint density at radius 3 is 3.00 bits per heavy atom. The van der Waals surface area contributed by atoms with Crippen LogP contribution >= 0.6 is 11.3 Å². The first kappa shape index (κ1) is 14.7. The van der Waals surface area contributed by atoms with E-state index in [1.807, 2.05) is 18.5 Å². The fourth-order valence-electron chi connectivity index (χ4n) is 1.91. The van der Waals surface area contributed by atoms with E-state index >= 15 is 0 Å². The van der Waals surface area contributed by atoms with Crippen molar-refractivity contribution in [2.24, 2.45) is 5.73 Å². The van der Waals surface area contributed by atoms with Crippen LogP contribution in [0.15, 0.2) is 11.4 Å². The van der Waals surface area contributed by atoms with Gasteiger partial charge in [-0.2, -0.15) is 0 Å². The van der Waals surface area contributed by atoms with Crippen molar-refractivity contribution in [2.75, 3.05) is 25.5 Å². The molecule has 0 bridgehead atoms. The van der Waals surface area contributed by atoms with Gasteiger partial charge in [0.25, 0.3) is 0 Å². The lowest BCUT2D eigenvalue weighted by molar-refractivity contribution is -0.118. The Morgan fingerprint density at radius 2 is 2.30 bits per heavy atom. The molecule has 2 heterocycles. The highest BCUT2D eigenvalue weighted by molar-refractivity contribution is 7.16. The summed E-state index contributed by atoms with van der Waals surface area (Å²) in [4.78, 5) is 22.7. The lowest BCUT2D eigenvalue weighted by Gasteiger charge is -2.14. The Kier molecular flexibility index (Phi) is 4.86. The third-order valence-electron chi connectivity index (χ3n) is 2.75. The lowest BCUT2D eigenvalue weighted by Crippen LogP contribution is -2.30. The third-order valence-corrected chi connectivity index (χ3v) is 3.56. The van der Waals surface area contributed by atoms with Crippen LogP contribution in [0.5, 0.6) is 0 Å². The molecule has 2 rings (SSSR count). The molecule has 0 radical (unpaired) electrons. The average Bonchev–Trinajstić information content (AvgIpc) is 2.82. The van der Waals surface area contributed by atoms with Crippen molar-refractivity contribution in [1.29, 1.82) is 0 Å². The van der Waals surface area contributed by atoms with Crippen LogP contribution in [0.3, 0.4) is 0 Å². The summed E-state index contributed by atoms with van der Waals surface area (Å²) in [7, 11) is 1.83. The number of nitrogens with one attached hydrogen (secondary N) is 1. The zero-order valence-corrected chi connectivity index (χ0v) is 12.5. The van der Waals surface area contributed by atoms with Gasteiger partial charge >= 0.3 is 0 Å². The minimum Gasteiger partial charge on any atom is -0.369 e. The molecule has 0 saturated carbocycles. The first-order valence-electron chi connectivity index (χ1n) is 6.55. The molecule has 20 heavy (non-hydrogen) atoms. The van der Waals surface area contributed by atoms with Crippen molar-refractivity contribution in [2.45, 2.75) is 19.9 Å². The molecule has 0 fully saturated rings. The molecule has 0 aliphatic carbocycles. The number of aromatic nitrogens is 2. The second kappa shape index (κ2) is 6.62. The summed E-state index contributed by atoms with van der Waals surface area (Å²) in [6, 6.07) is 2.02. The zero-order chi connectivity index (χ0) is 14.5. The number of anilines is 1. The number of primary amides is 1. The molecular formula is C13H19N5OS. The molecule has 0 spiro atoms. The number of thiophene rings is 1. The van der Waals surface area contributed by atoms with Crippen LogP contribution in [0.2, 0.25) is 0 Å². The van der Waals surface area contributed by atoms with E-state index in [9.17, 15) is 4.79 Å². The van der Waals surface area contributed by atoms with E-state index in [2.05, 4.69) is 22.2 Å². The average molecular weight is 293 g/mol. The Labute approximate surface area is 122 Å². The van der Waals surface area contributed by atoms with Gasteiger partial charge in [-0.3, -0.25) is 9.69 Å². The van der Waals surface area contributed by atoms with Gasteiger partial charge in [-0.1, -0.05) is 6.92 Å². The van der Waals surface area contributed by atoms with Gasteiger partial charge in [0.15, 0.2) is 0 Å². The van der Waals surface area contributed by atoms with Gasteiger partial charge < -0.3 is 11.1 Å². The maximum absolute atomic E-state index is 10.9. The number of fused-ring (bicyclic) bond motifs is 1. The molecule has 0 aliphatic heterocycles. The van der Waals surface area contributed by atoms with E-state index in [-0.39, 0.29) is 12.5 Å². The molecule has 0 aliphatic rings. The Balaban J connectivity index is 2.22. The number of carbonyl (C=O) groups excluding carboxylic acids is 1. The number of hydrogen-bond donors (Lipinski definition) is 2. The number of likely N-dealkylation sites (N-methyl/N-ethyl adjacent to an activating group) is 1. The maximum Gasteiger partial charge on any atom is 0.231 e. The molecule has 0 aromatic carbocycles. The molecule has 6 nitrogen and oxygen atoms in total. The van der Waals surface area contributed by atoms with Crippen LogP contribution < -0.4 is 11.1 Å². The number of rotatable bonds is 7. The van der Waals surface area contributed by atoms with Gasteiger partial charge in [0.05, 0.1) is 18.5 Å². The first-order chi connectivity index (χ1) is 9.60. The Bertz CT molecular complexity index is 597. The van der Waals surface area contributed by atoms with Crippen molar-refractivity contribution in [3.8, 4) is 0 Å². The first-order valence-corrected chi connectivity index (χ1v) is 7.43. The van der Waals surface area contributed by atoms with Crippen molar-refractivity contribution < 1.29 is 4.79 Å². The van der Waals surface area contributed by atoms with E-state index in [4.69, 9.17) is 5.73 Å². The van der Waals surface area contributed by atoms with E-state index in [1.165, 1.54) is 0 Å². The standard InChI is InChI=1S/C13H19N5OS/c1-3-5-15-12-9-4-6-20-13(9)17-11(16-12)8-18(2)7-10(14)19/h4,6H,3,5,7-8H2,1-2H3,(H2,14,19)(H,15,16,17). The number of carbonyl (C=O) groups is 1. The van der Waals surface area contributed by atoms with Gasteiger partial charge in [-0.25, -0.2) is 9.97 Å². The molecule has 2 aromatic rings. The van der Waals surface area contributed by atoms with Gasteiger partial charge in [-0.15, -0.1) is 11.3 Å². The topological polar surface area (TPSA) is 84.1 Å². The number of nitrogens with two attached hydrogens (primary N) is 1. The molecule has 7 heteroatoms. The molecule has 108 valence electrons. The summed E-state index contributed by atoms with van der Waals surface area (Å²) in [5.41, 5.74) is 5.18. The van der Waals surface area contributed by atoms with Crippen LogP contribution in [-0.4, -0.2) is 40.9 Å². The molecule has 1 amide bonds. The molecule has 0 atom stereocenters. The Morgan fingerprint density at radius 1 is 1.50 bits per heavy atom. The van der Waals surface area contributed by atoms with Crippen LogP contribution in [-0.2, 0) is 11.3 Å². The summed E-state index contributed by atoms with van der Waals surface area (Å²) < 4.78 is 0. The van der Waals surface area contributed by atoms with E-state index in [0.29, 0.717) is 12.4 Å². The van der Waals surface area contributed by atoms with Gasteiger partial charge in [0.2, 0.25) is 5.91 Å². The van der Waals surface area contributed by atoms with Gasteiger partial charge in [0, 0.05) is 6.54 Å². The number of hydrogen-bond acceptors (Lipinski definition) is 6. The van der Waals surface area contributed by atoms with Gasteiger partial charge in [0.1, 0.15) is 16.5 Å². The highest BCUT2D eigenvalue weighted by Gasteiger charge is 2.11. The summed E-state index contributed by atoms with van der Waals surface area (Å²) in [5.74, 6) is 1.21. The van der Waals surface area contributed by atoms with Crippen LogP contribution in [0.1, 0.15) is 19.2 Å². The second-order valence-corrected chi connectivity index (χ2v) is 5.59. The smallest absolute Gasteiger partial charge is 0.231 e. The normalized spacial score (nSPS) is 11.2. The minimum atomic E-state index is -0.353. The highest BCUT2D eigenvalue weighted by atomic mass is 32.1. The largest absolute Gasteiger partial charge is 0.369 e. The summed E-state index contributed by atoms with van der Waals surface area (Å²) in [6.07, 6.45) is 1.03. The zero-order valence-electron chi connectivity index (χ0n) is 11.7. The molecule has 0 saturated heterocycles. The van der Waals surface area contributed by atoms with Gasteiger partial charge in [-0.05, 0) is 24.9 Å². The molecule has 3 N–H and O–H groups in total. The van der Waals surface area contributed by atoms with E-state index in [1.54, 1.807) is 16.2 Å². The van der Waals surface area contributed by atoms with Crippen LogP contribution in [0.25, 0.3) is 10.2 Å². The predicted molar refractivity (Wildman–Crippen MR) is 81.7 cm³/mol. The monoisotopic (exact) mass is 293 g/mol. The SMILES string of the molecule is CCCNc1nc(CN(C)CC(N)=O)nc2sccc12. The number of amides is 1. The summed E-state index contributed by atoms with van der Waals surface area (Å²) in [5, 5.41) is 6.38. The molecular weight excluding hydrogens is 274 g/mol. The highest BCUT2D eigenvalue weighted by Crippen LogP contribution is 2.25. The second-order valence-electron chi connectivity index (χ2n) is 4.69. The third kappa shape index (κ3) is 3.64. The number of nitrogens with zero attached hydrogens (tertiary/aromatic N) is 3. The Hall–Kier alpha value is -1.73. The van der Waals surface area contributed by atoms with Crippen LogP contribution in [0.4, 0.5) is 5.82 Å². The van der Waals surface area contributed by atoms with Crippen molar-refractivity contribution >= 4 is 33.3 Å². The predicted octanol–water partition coefficient (Wildman–Crippen LogP) is 1.43. The molecule has 0 unspecified atom stereocenters. The lowest BCUT2D eigenvalue weighted by atomic mass is 10.3. The summed E-state index contributed by atoms with van der Waals surface area (Å²) >= 11 is 1.59. The molecule has 2 aromatic heterocycles. The fraction of sp³-hybridized carbons (Fsp3) is 0.462. The minimum absolute atomic E-state index is 0.198. The van der Waals surface area contributed by atoms with E-state index < -0.39 is 0 Å². The van der Waals surface area contributed by atoms with Crippen molar-refractivity contribution in [1.82, 2.24) is 14.9 Å². The van der Waals surface area contributed by atoms with Crippen LogP contribution in [0, 0.1) is 0 Å². The fourth-order valence-corrected chi connectivity index (χ4v) is 2.69. The van der Waals surface area contributed by atoms with Crippen molar-refractivity contribution in [3.63, 3.8) is 0 Å². The quantitative estimate of drug-likeness (QED) is 0.807. The summed E-state index contributed by atoms with van der Waals surface area (Å²) in [6.45, 7) is 3.68. The van der Waals surface area contributed by atoms with Crippen molar-refractivity contribution in [3.05, 3.63) is 17.3 Å². The maximum atomic E-state index is 10.9.